The van der Waals surface area contributed by atoms with Crippen molar-refractivity contribution in [1.82, 2.24) is 4.98 Å². The Morgan fingerprint density at radius 2 is 1.95 bits per heavy atom. The topological polar surface area (TPSA) is 52.0 Å². The molecule has 1 heterocycles. The fraction of sp³-hybridized carbons (Fsp3) is 0.188. The minimum absolute atomic E-state index is 0.506. The molecule has 0 spiro atoms. The number of hydrogen-bond donors (Lipinski definition) is 1. The van der Waals surface area contributed by atoms with E-state index in [2.05, 4.69) is 23.2 Å². The lowest BCUT2D eigenvalue weighted by Gasteiger charge is -2.00. The Morgan fingerprint density at radius 1 is 1.10 bits per heavy atom. The molecule has 20 heavy (non-hydrogen) atoms. The van der Waals surface area contributed by atoms with Crippen molar-refractivity contribution in [2.45, 2.75) is 19.3 Å². The SMILES string of the molecule is Nc1cc2oc(-c3ccc4c(c3)CCC4)nc2cc1Cl. The molecule has 0 saturated carbocycles. The zero-order valence-corrected chi connectivity index (χ0v) is 11.6. The van der Waals surface area contributed by atoms with Crippen molar-refractivity contribution in [3.8, 4) is 11.5 Å². The highest BCUT2D eigenvalue weighted by Gasteiger charge is 2.15. The van der Waals surface area contributed by atoms with Gasteiger partial charge in [-0.25, -0.2) is 4.98 Å². The smallest absolute Gasteiger partial charge is 0.227 e. The monoisotopic (exact) mass is 284 g/mol. The summed E-state index contributed by atoms with van der Waals surface area (Å²) in [5.74, 6) is 0.622. The highest BCUT2D eigenvalue weighted by atomic mass is 35.5. The fourth-order valence-electron chi connectivity index (χ4n) is 2.79. The molecule has 0 atom stereocenters. The van der Waals surface area contributed by atoms with Gasteiger partial charge in [-0.2, -0.15) is 0 Å². The van der Waals surface area contributed by atoms with E-state index in [1.54, 1.807) is 12.1 Å². The maximum atomic E-state index is 6.01. The molecule has 3 nitrogen and oxygen atoms in total. The lowest BCUT2D eigenvalue weighted by molar-refractivity contribution is 0.620. The molecule has 4 rings (SSSR count). The molecule has 0 bridgehead atoms. The molecular weight excluding hydrogens is 272 g/mol. The number of aryl methyl sites for hydroxylation is 2. The number of aromatic nitrogens is 1. The molecule has 0 unspecified atom stereocenters. The van der Waals surface area contributed by atoms with E-state index >= 15 is 0 Å². The van der Waals surface area contributed by atoms with Crippen LogP contribution in [0.25, 0.3) is 22.6 Å². The number of benzene rings is 2. The van der Waals surface area contributed by atoms with Crippen LogP contribution in [-0.4, -0.2) is 4.98 Å². The largest absolute Gasteiger partial charge is 0.436 e. The maximum absolute atomic E-state index is 6.01. The molecule has 1 aliphatic carbocycles. The molecule has 1 aromatic heterocycles. The van der Waals surface area contributed by atoms with Crippen molar-refractivity contribution >= 4 is 28.4 Å². The first-order valence-corrected chi connectivity index (χ1v) is 7.06. The number of oxazole rings is 1. The zero-order valence-electron chi connectivity index (χ0n) is 10.8. The van der Waals surface area contributed by atoms with Gasteiger partial charge in [-0.1, -0.05) is 17.7 Å². The van der Waals surface area contributed by atoms with Gasteiger partial charge in [0.25, 0.3) is 0 Å². The van der Waals surface area contributed by atoms with Crippen LogP contribution < -0.4 is 5.73 Å². The van der Waals surface area contributed by atoms with Gasteiger partial charge in [-0.05, 0) is 48.6 Å². The average molecular weight is 285 g/mol. The maximum Gasteiger partial charge on any atom is 0.227 e. The first-order valence-electron chi connectivity index (χ1n) is 6.68. The van der Waals surface area contributed by atoms with E-state index in [9.17, 15) is 0 Å². The van der Waals surface area contributed by atoms with Gasteiger partial charge in [-0.3, -0.25) is 0 Å². The number of rotatable bonds is 1. The first-order chi connectivity index (χ1) is 9.70. The third-order valence-corrected chi connectivity index (χ3v) is 4.18. The Hall–Kier alpha value is -2.00. The van der Waals surface area contributed by atoms with Crippen LogP contribution in [0.1, 0.15) is 17.5 Å². The molecule has 4 heteroatoms. The van der Waals surface area contributed by atoms with Crippen LogP contribution in [0.2, 0.25) is 5.02 Å². The lowest BCUT2D eigenvalue weighted by atomic mass is 10.1. The van der Waals surface area contributed by atoms with Crippen LogP contribution in [0.5, 0.6) is 0 Å². The van der Waals surface area contributed by atoms with Gasteiger partial charge in [0, 0.05) is 11.6 Å². The number of nitrogens with zero attached hydrogens (tertiary/aromatic N) is 1. The third-order valence-electron chi connectivity index (χ3n) is 3.85. The van der Waals surface area contributed by atoms with E-state index in [4.69, 9.17) is 21.8 Å². The molecular formula is C16H13ClN2O. The van der Waals surface area contributed by atoms with E-state index in [0.717, 1.165) is 17.5 Å². The molecule has 0 amide bonds. The van der Waals surface area contributed by atoms with Gasteiger partial charge in [0.05, 0.1) is 10.7 Å². The van der Waals surface area contributed by atoms with E-state index < -0.39 is 0 Å². The minimum Gasteiger partial charge on any atom is -0.436 e. The van der Waals surface area contributed by atoms with Gasteiger partial charge in [-0.15, -0.1) is 0 Å². The number of halogens is 1. The summed E-state index contributed by atoms with van der Waals surface area (Å²) in [6.07, 6.45) is 3.55. The van der Waals surface area contributed by atoms with Crippen molar-refractivity contribution in [2.24, 2.45) is 0 Å². The summed E-state index contributed by atoms with van der Waals surface area (Å²) in [5.41, 5.74) is 11.6. The Kier molecular flexibility index (Phi) is 2.51. The number of hydrogen-bond acceptors (Lipinski definition) is 3. The second kappa shape index (κ2) is 4.25. The van der Waals surface area contributed by atoms with E-state index in [1.807, 2.05) is 0 Å². The average Bonchev–Trinajstić information content (AvgIpc) is 3.04. The van der Waals surface area contributed by atoms with Crippen LogP contribution in [0.4, 0.5) is 5.69 Å². The quantitative estimate of drug-likeness (QED) is 0.681. The highest BCUT2D eigenvalue weighted by molar-refractivity contribution is 6.33. The summed E-state index contributed by atoms with van der Waals surface area (Å²) in [5, 5.41) is 0.506. The summed E-state index contributed by atoms with van der Waals surface area (Å²) in [6.45, 7) is 0. The van der Waals surface area contributed by atoms with Gasteiger partial charge in [0.2, 0.25) is 5.89 Å². The Balaban J connectivity index is 1.86. The molecule has 100 valence electrons. The number of nitrogens with two attached hydrogens (primary N) is 1. The molecule has 0 saturated heterocycles. The van der Waals surface area contributed by atoms with Crippen molar-refractivity contribution in [2.75, 3.05) is 5.73 Å². The van der Waals surface area contributed by atoms with Crippen LogP contribution >= 0.6 is 11.6 Å². The van der Waals surface area contributed by atoms with Crippen LogP contribution in [-0.2, 0) is 12.8 Å². The number of anilines is 1. The minimum atomic E-state index is 0.506. The van der Waals surface area contributed by atoms with Crippen molar-refractivity contribution in [3.05, 3.63) is 46.5 Å². The molecule has 1 aliphatic rings. The summed E-state index contributed by atoms with van der Waals surface area (Å²) in [6, 6.07) is 9.89. The Morgan fingerprint density at radius 3 is 2.85 bits per heavy atom. The molecule has 3 aromatic rings. The van der Waals surface area contributed by atoms with Gasteiger partial charge in [0.15, 0.2) is 5.58 Å². The third kappa shape index (κ3) is 1.78. The van der Waals surface area contributed by atoms with Gasteiger partial charge in [0.1, 0.15) is 5.52 Å². The summed E-state index contributed by atoms with van der Waals surface area (Å²) in [7, 11) is 0. The molecule has 0 fully saturated rings. The van der Waals surface area contributed by atoms with Crippen LogP contribution in [0, 0.1) is 0 Å². The first kappa shape index (κ1) is 11.8. The van der Waals surface area contributed by atoms with E-state index in [0.29, 0.717) is 22.2 Å². The molecule has 0 radical (unpaired) electrons. The molecule has 0 aliphatic heterocycles. The number of nitrogen functional groups attached to an aromatic ring is 1. The van der Waals surface area contributed by atoms with Crippen molar-refractivity contribution in [3.63, 3.8) is 0 Å². The normalized spacial score (nSPS) is 13.8. The standard InChI is InChI=1S/C16H13ClN2O/c17-12-7-14-15(8-13(12)18)20-16(19-14)11-5-4-9-2-1-3-10(9)6-11/h4-8H,1-3,18H2. The second-order valence-corrected chi connectivity index (χ2v) is 5.60. The predicted molar refractivity (Wildman–Crippen MR) is 80.9 cm³/mol. The summed E-state index contributed by atoms with van der Waals surface area (Å²) >= 11 is 6.01. The fourth-order valence-corrected chi connectivity index (χ4v) is 2.95. The van der Waals surface area contributed by atoms with Crippen LogP contribution in [0.15, 0.2) is 34.7 Å². The van der Waals surface area contributed by atoms with Crippen LogP contribution in [0.3, 0.4) is 0 Å². The Bertz CT molecular complexity index is 784. The van der Waals surface area contributed by atoms with Gasteiger partial charge >= 0.3 is 0 Å². The van der Waals surface area contributed by atoms with E-state index in [-0.39, 0.29) is 0 Å². The Labute approximate surface area is 121 Å². The predicted octanol–water partition coefficient (Wildman–Crippen LogP) is 4.22. The summed E-state index contributed by atoms with van der Waals surface area (Å²) < 4.78 is 5.80. The number of fused-ring (bicyclic) bond motifs is 2. The van der Waals surface area contributed by atoms with Crippen molar-refractivity contribution < 1.29 is 4.42 Å². The highest BCUT2D eigenvalue weighted by Crippen LogP contribution is 2.32. The zero-order chi connectivity index (χ0) is 13.7. The lowest BCUT2D eigenvalue weighted by Crippen LogP contribution is -1.85. The van der Waals surface area contributed by atoms with Crippen molar-refractivity contribution in [1.29, 1.82) is 0 Å². The molecule has 2 N–H and O–H groups in total. The molecule has 2 aromatic carbocycles. The van der Waals surface area contributed by atoms with E-state index in [1.165, 1.54) is 24.0 Å². The van der Waals surface area contributed by atoms with Gasteiger partial charge < -0.3 is 10.2 Å². The summed E-state index contributed by atoms with van der Waals surface area (Å²) in [4.78, 5) is 4.50. The second-order valence-electron chi connectivity index (χ2n) is 5.20.